The second kappa shape index (κ2) is 6.48. The molecule has 3 N–H and O–H groups in total. The van der Waals surface area contributed by atoms with E-state index in [-0.39, 0.29) is 5.91 Å². The predicted molar refractivity (Wildman–Crippen MR) is 87.2 cm³/mol. The Morgan fingerprint density at radius 1 is 1.33 bits per heavy atom. The van der Waals surface area contributed by atoms with Gasteiger partial charge in [-0.2, -0.15) is 0 Å². The molecular formula is C17H27N3O. The quantitative estimate of drug-likeness (QED) is 0.835. The van der Waals surface area contributed by atoms with Crippen LogP contribution in [0.25, 0.3) is 0 Å². The highest BCUT2D eigenvalue weighted by atomic mass is 16.2. The summed E-state index contributed by atoms with van der Waals surface area (Å²) in [6.45, 7) is 5.77. The molecule has 21 heavy (non-hydrogen) atoms. The van der Waals surface area contributed by atoms with Crippen molar-refractivity contribution < 1.29 is 4.79 Å². The number of benzene rings is 1. The zero-order valence-electron chi connectivity index (χ0n) is 13.4. The molecule has 0 aliphatic carbocycles. The summed E-state index contributed by atoms with van der Waals surface area (Å²) >= 11 is 0. The molecule has 0 saturated carbocycles. The second-order valence-corrected chi connectivity index (χ2v) is 6.59. The minimum Gasteiger partial charge on any atom is -0.399 e. The minimum atomic E-state index is -0.541. The SMILES string of the molecule is CN1CCCCC1CNC(=O)C(C)(C)c1ccc(N)cc1. The monoisotopic (exact) mass is 289 g/mol. The Hall–Kier alpha value is -1.55. The Morgan fingerprint density at radius 2 is 2.00 bits per heavy atom. The molecule has 4 heteroatoms. The van der Waals surface area contributed by atoms with Crippen molar-refractivity contribution in [2.45, 2.75) is 44.6 Å². The fourth-order valence-electron chi connectivity index (χ4n) is 2.86. The first-order chi connectivity index (χ1) is 9.91. The maximum absolute atomic E-state index is 12.5. The van der Waals surface area contributed by atoms with Gasteiger partial charge in [0.2, 0.25) is 5.91 Å². The highest BCUT2D eigenvalue weighted by Crippen LogP contribution is 2.24. The van der Waals surface area contributed by atoms with Gasteiger partial charge in [0.15, 0.2) is 0 Å². The molecule has 4 nitrogen and oxygen atoms in total. The van der Waals surface area contributed by atoms with E-state index in [2.05, 4.69) is 17.3 Å². The summed E-state index contributed by atoms with van der Waals surface area (Å²) in [6.07, 6.45) is 3.68. The average Bonchev–Trinajstić information content (AvgIpc) is 2.46. The van der Waals surface area contributed by atoms with E-state index in [0.717, 1.165) is 24.3 Å². The maximum Gasteiger partial charge on any atom is 0.230 e. The molecule has 116 valence electrons. The molecule has 1 heterocycles. The summed E-state index contributed by atoms with van der Waals surface area (Å²) in [4.78, 5) is 14.9. The number of hydrogen-bond acceptors (Lipinski definition) is 3. The molecule has 1 aliphatic rings. The normalized spacial score (nSPS) is 20.2. The van der Waals surface area contributed by atoms with Gasteiger partial charge in [0, 0.05) is 18.3 Å². The fourth-order valence-corrected chi connectivity index (χ4v) is 2.86. The standard InChI is InChI=1S/C17H27N3O/c1-17(2,13-7-9-14(18)10-8-13)16(21)19-12-15-6-4-5-11-20(15)3/h7-10,15H,4-6,11-12,18H2,1-3H3,(H,19,21). The first kappa shape index (κ1) is 15.8. The smallest absolute Gasteiger partial charge is 0.230 e. The molecule has 1 aromatic carbocycles. The van der Waals surface area contributed by atoms with Crippen molar-refractivity contribution in [1.29, 1.82) is 0 Å². The number of amides is 1. The van der Waals surface area contributed by atoms with Crippen molar-refractivity contribution in [3.63, 3.8) is 0 Å². The van der Waals surface area contributed by atoms with Crippen LogP contribution in [-0.4, -0.2) is 37.0 Å². The van der Waals surface area contributed by atoms with Gasteiger partial charge >= 0.3 is 0 Å². The molecule has 0 bridgehead atoms. The summed E-state index contributed by atoms with van der Waals surface area (Å²) in [7, 11) is 2.14. The number of hydrogen-bond donors (Lipinski definition) is 2. The van der Waals surface area contributed by atoms with E-state index in [1.807, 2.05) is 38.1 Å². The molecule has 0 aromatic heterocycles. The van der Waals surface area contributed by atoms with Crippen LogP contribution >= 0.6 is 0 Å². The molecule has 1 aromatic rings. The van der Waals surface area contributed by atoms with Crippen molar-refractivity contribution in [1.82, 2.24) is 10.2 Å². The van der Waals surface area contributed by atoms with E-state index in [4.69, 9.17) is 5.73 Å². The van der Waals surface area contributed by atoms with Gasteiger partial charge in [-0.15, -0.1) is 0 Å². The lowest BCUT2D eigenvalue weighted by Gasteiger charge is -2.33. The van der Waals surface area contributed by atoms with Crippen LogP contribution in [0, 0.1) is 0 Å². The largest absolute Gasteiger partial charge is 0.399 e. The van der Waals surface area contributed by atoms with Gasteiger partial charge in [0.25, 0.3) is 0 Å². The van der Waals surface area contributed by atoms with E-state index in [1.165, 1.54) is 19.3 Å². The van der Waals surface area contributed by atoms with Crippen LogP contribution in [0.5, 0.6) is 0 Å². The van der Waals surface area contributed by atoms with Crippen molar-refractivity contribution in [2.75, 3.05) is 25.9 Å². The van der Waals surface area contributed by atoms with Crippen LogP contribution in [-0.2, 0) is 10.2 Å². The van der Waals surface area contributed by atoms with Gasteiger partial charge in [-0.05, 0) is 58.0 Å². The van der Waals surface area contributed by atoms with Gasteiger partial charge in [-0.25, -0.2) is 0 Å². The summed E-state index contributed by atoms with van der Waals surface area (Å²) in [6, 6.07) is 8.02. The Kier molecular flexibility index (Phi) is 4.88. The number of carbonyl (C=O) groups excluding carboxylic acids is 1. The van der Waals surface area contributed by atoms with Gasteiger partial charge in [0.05, 0.1) is 5.41 Å². The molecule has 0 spiro atoms. The van der Waals surface area contributed by atoms with E-state index in [0.29, 0.717) is 6.04 Å². The molecule has 1 fully saturated rings. The minimum absolute atomic E-state index is 0.0752. The zero-order valence-corrected chi connectivity index (χ0v) is 13.4. The van der Waals surface area contributed by atoms with E-state index < -0.39 is 5.41 Å². The van der Waals surface area contributed by atoms with Crippen LogP contribution in [0.4, 0.5) is 5.69 Å². The molecule has 1 saturated heterocycles. The topological polar surface area (TPSA) is 58.4 Å². The summed E-state index contributed by atoms with van der Waals surface area (Å²) in [5.74, 6) is 0.0752. The van der Waals surface area contributed by atoms with Crippen LogP contribution in [0.1, 0.15) is 38.7 Å². The summed E-state index contributed by atoms with van der Waals surface area (Å²) in [5.41, 5.74) is 6.88. The van der Waals surface area contributed by atoms with Crippen LogP contribution in [0.3, 0.4) is 0 Å². The molecule has 2 rings (SSSR count). The average molecular weight is 289 g/mol. The number of anilines is 1. The van der Waals surface area contributed by atoms with E-state index >= 15 is 0 Å². The Labute approximate surface area is 127 Å². The molecular weight excluding hydrogens is 262 g/mol. The second-order valence-electron chi connectivity index (χ2n) is 6.59. The maximum atomic E-state index is 12.5. The van der Waals surface area contributed by atoms with E-state index in [9.17, 15) is 4.79 Å². The third kappa shape index (κ3) is 3.76. The number of nitrogen functional groups attached to an aromatic ring is 1. The number of nitrogens with two attached hydrogens (primary N) is 1. The molecule has 1 unspecified atom stereocenters. The Balaban J connectivity index is 1.96. The predicted octanol–water partition coefficient (Wildman–Crippen LogP) is 2.15. The third-order valence-corrected chi connectivity index (χ3v) is 4.62. The highest BCUT2D eigenvalue weighted by Gasteiger charge is 2.30. The Morgan fingerprint density at radius 3 is 2.62 bits per heavy atom. The lowest BCUT2D eigenvalue weighted by molar-refractivity contribution is -0.125. The van der Waals surface area contributed by atoms with Gasteiger partial charge < -0.3 is 16.0 Å². The number of likely N-dealkylation sites (tertiary alicyclic amines) is 1. The molecule has 1 atom stereocenters. The lowest BCUT2D eigenvalue weighted by atomic mass is 9.83. The number of likely N-dealkylation sites (N-methyl/N-ethyl adjacent to an activating group) is 1. The Bertz CT molecular complexity index is 481. The summed E-state index contributed by atoms with van der Waals surface area (Å²) in [5, 5.41) is 3.12. The van der Waals surface area contributed by atoms with Crippen LogP contribution in [0.2, 0.25) is 0 Å². The van der Waals surface area contributed by atoms with Gasteiger partial charge in [-0.1, -0.05) is 18.6 Å². The summed E-state index contributed by atoms with van der Waals surface area (Å²) < 4.78 is 0. The molecule has 1 amide bonds. The van der Waals surface area contributed by atoms with Crippen molar-refractivity contribution in [3.05, 3.63) is 29.8 Å². The van der Waals surface area contributed by atoms with Gasteiger partial charge in [0.1, 0.15) is 0 Å². The number of nitrogens with one attached hydrogen (secondary N) is 1. The zero-order chi connectivity index (χ0) is 15.5. The van der Waals surface area contributed by atoms with E-state index in [1.54, 1.807) is 0 Å². The number of rotatable bonds is 4. The first-order valence-corrected chi connectivity index (χ1v) is 7.76. The third-order valence-electron chi connectivity index (χ3n) is 4.62. The first-order valence-electron chi connectivity index (χ1n) is 7.76. The molecule has 0 radical (unpaired) electrons. The van der Waals surface area contributed by atoms with Crippen molar-refractivity contribution in [2.24, 2.45) is 0 Å². The number of piperidine rings is 1. The van der Waals surface area contributed by atoms with Crippen LogP contribution < -0.4 is 11.1 Å². The number of nitrogens with zero attached hydrogens (tertiary/aromatic N) is 1. The number of carbonyl (C=O) groups is 1. The van der Waals surface area contributed by atoms with Crippen molar-refractivity contribution >= 4 is 11.6 Å². The highest BCUT2D eigenvalue weighted by molar-refractivity contribution is 5.87. The van der Waals surface area contributed by atoms with Gasteiger partial charge in [-0.3, -0.25) is 4.79 Å². The molecule has 1 aliphatic heterocycles. The van der Waals surface area contributed by atoms with Crippen molar-refractivity contribution in [3.8, 4) is 0 Å². The van der Waals surface area contributed by atoms with Crippen LogP contribution in [0.15, 0.2) is 24.3 Å². The lowest BCUT2D eigenvalue weighted by Crippen LogP contribution is -2.48. The fraction of sp³-hybridized carbons (Fsp3) is 0.588.